The SMILES string of the molecule is C=C1c2c(C)cccc2C=C(CNc2ncnc(N)c2C(C)=N)N1CCC. The van der Waals surface area contributed by atoms with Gasteiger partial charge in [0.2, 0.25) is 0 Å². The van der Waals surface area contributed by atoms with Gasteiger partial charge in [-0.15, -0.1) is 0 Å². The molecule has 0 spiro atoms. The van der Waals surface area contributed by atoms with Crippen LogP contribution in [0.3, 0.4) is 0 Å². The van der Waals surface area contributed by atoms with Crippen LogP contribution in [-0.4, -0.2) is 33.7 Å². The Balaban J connectivity index is 1.95. The number of nitrogens with two attached hydrogens (primary N) is 1. The second kappa shape index (κ2) is 7.61. The van der Waals surface area contributed by atoms with E-state index in [4.69, 9.17) is 11.1 Å². The molecule has 0 aliphatic carbocycles. The highest BCUT2D eigenvalue weighted by Gasteiger charge is 2.23. The molecule has 4 N–H and O–H groups in total. The third-order valence-corrected chi connectivity index (χ3v) is 4.72. The number of benzene rings is 1. The summed E-state index contributed by atoms with van der Waals surface area (Å²) < 4.78 is 0. The van der Waals surface area contributed by atoms with Crippen molar-refractivity contribution in [2.45, 2.75) is 27.2 Å². The Morgan fingerprint density at radius 2 is 2.11 bits per heavy atom. The van der Waals surface area contributed by atoms with E-state index in [-0.39, 0.29) is 0 Å². The van der Waals surface area contributed by atoms with Gasteiger partial charge in [0.05, 0.1) is 12.1 Å². The van der Waals surface area contributed by atoms with Crippen molar-refractivity contribution >= 4 is 29.1 Å². The summed E-state index contributed by atoms with van der Waals surface area (Å²) in [4.78, 5) is 10.5. The molecule has 0 saturated heterocycles. The van der Waals surface area contributed by atoms with E-state index in [1.807, 2.05) is 0 Å². The standard InChI is InChI=1S/C21H26N6/c1-5-9-27-15(4)18-13(2)7-6-8-16(18)10-17(27)11-24-21-19(14(3)22)20(23)25-12-26-21/h6-8,10,12,22H,4-5,9,11H2,1-3H3,(H3,23,24,25,26). The Morgan fingerprint density at radius 1 is 1.33 bits per heavy atom. The van der Waals surface area contributed by atoms with E-state index in [1.54, 1.807) is 6.92 Å². The van der Waals surface area contributed by atoms with Crippen molar-refractivity contribution in [3.63, 3.8) is 0 Å². The number of anilines is 2. The van der Waals surface area contributed by atoms with E-state index in [9.17, 15) is 0 Å². The molecule has 6 heteroatoms. The minimum Gasteiger partial charge on any atom is -0.383 e. The predicted octanol–water partition coefficient (Wildman–Crippen LogP) is 3.90. The molecule has 2 heterocycles. The number of fused-ring (bicyclic) bond motifs is 1. The van der Waals surface area contributed by atoms with Crippen LogP contribution in [0.4, 0.5) is 11.6 Å². The molecule has 2 aromatic rings. The van der Waals surface area contributed by atoms with Gasteiger partial charge in [0, 0.05) is 29.2 Å². The average molecular weight is 362 g/mol. The summed E-state index contributed by atoms with van der Waals surface area (Å²) in [5, 5.41) is 11.3. The molecule has 27 heavy (non-hydrogen) atoms. The highest BCUT2D eigenvalue weighted by molar-refractivity contribution is 6.04. The Labute approximate surface area is 160 Å². The molecule has 0 saturated carbocycles. The van der Waals surface area contributed by atoms with Gasteiger partial charge in [-0.05, 0) is 37.5 Å². The van der Waals surface area contributed by atoms with Gasteiger partial charge in [-0.25, -0.2) is 9.97 Å². The Kier molecular flexibility index (Phi) is 5.26. The lowest BCUT2D eigenvalue weighted by Gasteiger charge is -2.34. The lowest BCUT2D eigenvalue weighted by molar-refractivity contribution is 0.481. The summed E-state index contributed by atoms with van der Waals surface area (Å²) in [5.41, 5.74) is 12.6. The summed E-state index contributed by atoms with van der Waals surface area (Å²) in [6, 6.07) is 6.31. The van der Waals surface area contributed by atoms with Crippen LogP contribution in [0.1, 0.15) is 42.5 Å². The molecule has 1 aromatic heterocycles. The second-order valence-electron chi connectivity index (χ2n) is 6.73. The van der Waals surface area contributed by atoms with E-state index < -0.39 is 0 Å². The molecule has 6 nitrogen and oxygen atoms in total. The van der Waals surface area contributed by atoms with E-state index in [1.165, 1.54) is 23.0 Å². The number of hydrogen-bond acceptors (Lipinski definition) is 6. The third-order valence-electron chi connectivity index (χ3n) is 4.72. The van der Waals surface area contributed by atoms with Crippen molar-refractivity contribution in [1.29, 1.82) is 5.41 Å². The van der Waals surface area contributed by atoms with Crippen molar-refractivity contribution in [1.82, 2.24) is 14.9 Å². The van der Waals surface area contributed by atoms with Gasteiger partial charge in [-0.3, -0.25) is 0 Å². The van der Waals surface area contributed by atoms with Crippen LogP contribution in [-0.2, 0) is 0 Å². The molecule has 0 amide bonds. The van der Waals surface area contributed by atoms with Gasteiger partial charge in [-0.1, -0.05) is 31.7 Å². The second-order valence-corrected chi connectivity index (χ2v) is 6.73. The number of rotatable bonds is 6. The molecule has 0 bridgehead atoms. The third kappa shape index (κ3) is 3.56. The number of aromatic nitrogens is 2. The first-order chi connectivity index (χ1) is 12.9. The summed E-state index contributed by atoms with van der Waals surface area (Å²) >= 11 is 0. The van der Waals surface area contributed by atoms with Crippen LogP contribution in [0.2, 0.25) is 0 Å². The minimum atomic E-state index is 0.313. The van der Waals surface area contributed by atoms with Gasteiger partial charge < -0.3 is 21.4 Å². The lowest BCUT2D eigenvalue weighted by atomic mass is 9.94. The van der Waals surface area contributed by atoms with Crippen LogP contribution in [0.25, 0.3) is 11.8 Å². The molecule has 1 aromatic carbocycles. The highest BCUT2D eigenvalue weighted by Crippen LogP contribution is 2.34. The smallest absolute Gasteiger partial charge is 0.140 e. The molecule has 1 aliphatic rings. The first-order valence-electron chi connectivity index (χ1n) is 9.10. The number of nitrogens with one attached hydrogen (secondary N) is 2. The van der Waals surface area contributed by atoms with Crippen LogP contribution in [0, 0.1) is 12.3 Å². The van der Waals surface area contributed by atoms with Crippen molar-refractivity contribution in [3.8, 4) is 0 Å². The number of nitrogens with zero attached hydrogens (tertiary/aromatic N) is 3. The van der Waals surface area contributed by atoms with Crippen molar-refractivity contribution in [2.24, 2.45) is 0 Å². The fraction of sp³-hybridized carbons (Fsp3) is 0.286. The molecule has 0 atom stereocenters. The molecule has 0 radical (unpaired) electrons. The molecular formula is C21H26N6. The Morgan fingerprint density at radius 3 is 2.81 bits per heavy atom. The number of nitrogen functional groups attached to an aromatic ring is 1. The maximum atomic E-state index is 7.96. The van der Waals surface area contributed by atoms with Crippen LogP contribution >= 0.6 is 0 Å². The topological polar surface area (TPSA) is 90.9 Å². The average Bonchev–Trinajstić information content (AvgIpc) is 2.62. The molecule has 1 aliphatic heterocycles. The van der Waals surface area contributed by atoms with E-state index in [0.29, 0.717) is 29.5 Å². The Bertz CT molecular complexity index is 928. The van der Waals surface area contributed by atoms with Crippen LogP contribution in [0.15, 0.2) is 36.8 Å². The van der Waals surface area contributed by atoms with Gasteiger partial charge >= 0.3 is 0 Å². The molecule has 0 fully saturated rings. The zero-order valence-corrected chi connectivity index (χ0v) is 16.1. The Hall–Kier alpha value is -3.15. The van der Waals surface area contributed by atoms with Gasteiger partial charge in [-0.2, -0.15) is 0 Å². The van der Waals surface area contributed by atoms with Crippen molar-refractivity contribution in [3.05, 3.63) is 59.1 Å². The van der Waals surface area contributed by atoms with Crippen LogP contribution in [0.5, 0.6) is 0 Å². The summed E-state index contributed by atoms with van der Waals surface area (Å²) in [6.07, 6.45) is 4.63. The monoisotopic (exact) mass is 362 g/mol. The molecule has 0 unspecified atom stereocenters. The number of hydrogen-bond donors (Lipinski definition) is 3. The molecule has 140 valence electrons. The van der Waals surface area contributed by atoms with E-state index in [0.717, 1.165) is 24.4 Å². The molecule has 3 rings (SSSR count). The van der Waals surface area contributed by atoms with Gasteiger partial charge in [0.15, 0.2) is 0 Å². The maximum absolute atomic E-state index is 7.96. The summed E-state index contributed by atoms with van der Waals surface area (Å²) in [7, 11) is 0. The fourth-order valence-corrected chi connectivity index (χ4v) is 3.50. The van der Waals surface area contributed by atoms with E-state index >= 15 is 0 Å². The van der Waals surface area contributed by atoms with Gasteiger partial charge in [0.1, 0.15) is 18.0 Å². The molecular weight excluding hydrogens is 336 g/mol. The van der Waals surface area contributed by atoms with Crippen molar-refractivity contribution < 1.29 is 0 Å². The van der Waals surface area contributed by atoms with E-state index in [2.05, 4.69) is 64.9 Å². The first kappa shape index (κ1) is 18.6. The minimum absolute atomic E-state index is 0.313. The predicted molar refractivity (Wildman–Crippen MR) is 113 cm³/mol. The quantitative estimate of drug-likeness (QED) is 0.678. The van der Waals surface area contributed by atoms with Gasteiger partial charge in [0.25, 0.3) is 0 Å². The zero-order chi connectivity index (χ0) is 19.6. The number of aryl methyl sites for hydroxylation is 1. The largest absolute Gasteiger partial charge is 0.383 e. The lowest BCUT2D eigenvalue weighted by Crippen LogP contribution is -2.29. The first-order valence-corrected chi connectivity index (χ1v) is 9.10. The maximum Gasteiger partial charge on any atom is 0.140 e. The zero-order valence-electron chi connectivity index (χ0n) is 16.1. The summed E-state index contributed by atoms with van der Waals surface area (Å²) in [6.45, 7) is 11.8. The van der Waals surface area contributed by atoms with Crippen molar-refractivity contribution in [2.75, 3.05) is 24.1 Å². The van der Waals surface area contributed by atoms with Crippen LogP contribution < -0.4 is 11.1 Å². The summed E-state index contributed by atoms with van der Waals surface area (Å²) in [5.74, 6) is 0.890. The fourth-order valence-electron chi connectivity index (χ4n) is 3.50. The highest BCUT2D eigenvalue weighted by atomic mass is 15.2. The normalized spacial score (nSPS) is 13.2.